The molecule has 0 aliphatic rings. The van der Waals surface area contributed by atoms with Crippen LogP contribution in [0.1, 0.15) is 21.5 Å². The molecule has 0 aliphatic heterocycles. The lowest BCUT2D eigenvalue weighted by Crippen LogP contribution is -2.36. The number of primary amides is 1. The maximum atomic E-state index is 11.7. The summed E-state index contributed by atoms with van der Waals surface area (Å²) in [5, 5.41) is 5.55. The lowest BCUT2D eigenvalue weighted by atomic mass is 10.1. The predicted molar refractivity (Wildman–Crippen MR) is 85.3 cm³/mol. The van der Waals surface area contributed by atoms with Crippen LogP contribution < -0.4 is 16.4 Å². The van der Waals surface area contributed by atoms with E-state index in [1.165, 1.54) is 5.56 Å². The smallest absolute Gasteiger partial charge is 0.315 e. The summed E-state index contributed by atoms with van der Waals surface area (Å²) in [6.07, 6.45) is 0.783. The van der Waals surface area contributed by atoms with Gasteiger partial charge in [-0.3, -0.25) is 4.79 Å². The highest BCUT2D eigenvalue weighted by Gasteiger charge is 2.03. The lowest BCUT2D eigenvalue weighted by molar-refractivity contribution is 0.1000. The van der Waals surface area contributed by atoms with Gasteiger partial charge in [0.2, 0.25) is 5.91 Å². The average Bonchev–Trinajstić information content (AvgIpc) is 2.54. The van der Waals surface area contributed by atoms with Crippen molar-refractivity contribution in [2.75, 3.05) is 6.54 Å². The van der Waals surface area contributed by atoms with Crippen LogP contribution in [0.5, 0.6) is 0 Å². The largest absolute Gasteiger partial charge is 0.366 e. The second-order valence-corrected chi connectivity index (χ2v) is 4.91. The predicted octanol–water partition coefficient (Wildman–Crippen LogP) is 1.83. The first-order valence-corrected chi connectivity index (χ1v) is 7.09. The molecule has 3 amide bonds. The summed E-state index contributed by atoms with van der Waals surface area (Å²) in [7, 11) is 0. The molecular formula is C17H19N3O2. The molecular weight excluding hydrogens is 278 g/mol. The second-order valence-electron chi connectivity index (χ2n) is 4.91. The molecule has 0 spiro atoms. The van der Waals surface area contributed by atoms with Crippen LogP contribution in [0.2, 0.25) is 0 Å². The van der Waals surface area contributed by atoms with Gasteiger partial charge in [-0.25, -0.2) is 4.79 Å². The van der Waals surface area contributed by atoms with E-state index in [1.54, 1.807) is 18.2 Å². The number of urea groups is 1. The summed E-state index contributed by atoms with van der Waals surface area (Å²) < 4.78 is 0. The molecule has 2 rings (SSSR count). The van der Waals surface area contributed by atoms with E-state index < -0.39 is 5.91 Å². The summed E-state index contributed by atoms with van der Waals surface area (Å²) in [5.41, 5.74) is 7.66. The summed E-state index contributed by atoms with van der Waals surface area (Å²) >= 11 is 0. The monoisotopic (exact) mass is 297 g/mol. The Morgan fingerprint density at radius 1 is 0.909 bits per heavy atom. The van der Waals surface area contributed by atoms with Gasteiger partial charge < -0.3 is 16.4 Å². The van der Waals surface area contributed by atoms with Crippen molar-refractivity contribution in [1.82, 2.24) is 10.6 Å². The van der Waals surface area contributed by atoms with E-state index in [0.717, 1.165) is 12.0 Å². The highest BCUT2D eigenvalue weighted by Crippen LogP contribution is 2.04. The van der Waals surface area contributed by atoms with Gasteiger partial charge in [0.05, 0.1) is 0 Å². The number of nitrogens with two attached hydrogens (primary N) is 1. The van der Waals surface area contributed by atoms with Gasteiger partial charge in [-0.1, -0.05) is 42.5 Å². The number of nitrogens with one attached hydrogen (secondary N) is 2. The van der Waals surface area contributed by atoms with Crippen molar-refractivity contribution >= 4 is 11.9 Å². The fraction of sp³-hybridized carbons (Fsp3) is 0.176. The van der Waals surface area contributed by atoms with Crippen molar-refractivity contribution in [3.05, 3.63) is 71.3 Å². The van der Waals surface area contributed by atoms with E-state index in [9.17, 15) is 9.59 Å². The second kappa shape index (κ2) is 7.83. The zero-order valence-electron chi connectivity index (χ0n) is 12.2. The Hall–Kier alpha value is -2.82. The van der Waals surface area contributed by atoms with Gasteiger partial charge in [0.15, 0.2) is 0 Å². The topological polar surface area (TPSA) is 84.2 Å². The molecule has 0 atom stereocenters. The molecule has 0 fully saturated rings. The Morgan fingerprint density at radius 2 is 1.64 bits per heavy atom. The minimum absolute atomic E-state index is 0.236. The van der Waals surface area contributed by atoms with Crippen molar-refractivity contribution < 1.29 is 9.59 Å². The molecule has 22 heavy (non-hydrogen) atoms. The van der Waals surface area contributed by atoms with Crippen molar-refractivity contribution in [2.45, 2.75) is 13.0 Å². The first kappa shape index (κ1) is 15.6. The molecule has 0 aliphatic carbocycles. The van der Waals surface area contributed by atoms with E-state index in [1.807, 2.05) is 36.4 Å². The van der Waals surface area contributed by atoms with Crippen LogP contribution in [0.3, 0.4) is 0 Å². The molecule has 0 bridgehead atoms. The van der Waals surface area contributed by atoms with Gasteiger partial charge in [-0.2, -0.15) is 0 Å². The van der Waals surface area contributed by atoms with Gasteiger partial charge in [0.25, 0.3) is 0 Å². The minimum Gasteiger partial charge on any atom is -0.366 e. The highest BCUT2D eigenvalue weighted by atomic mass is 16.2. The molecule has 5 heteroatoms. The summed E-state index contributed by atoms with van der Waals surface area (Å²) in [6.45, 7) is 0.912. The van der Waals surface area contributed by atoms with Crippen molar-refractivity contribution in [3.63, 3.8) is 0 Å². The Balaban J connectivity index is 1.73. The third-order valence-corrected chi connectivity index (χ3v) is 3.21. The third-order valence-electron chi connectivity index (χ3n) is 3.21. The quantitative estimate of drug-likeness (QED) is 0.760. The van der Waals surface area contributed by atoms with Crippen LogP contribution in [0, 0.1) is 0 Å². The van der Waals surface area contributed by atoms with E-state index in [0.29, 0.717) is 18.7 Å². The first-order chi connectivity index (χ1) is 10.6. The number of hydrogen-bond acceptors (Lipinski definition) is 2. The molecule has 0 radical (unpaired) electrons. The minimum atomic E-state index is -0.478. The highest BCUT2D eigenvalue weighted by molar-refractivity contribution is 5.92. The van der Waals surface area contributed by atoms with E-state index in [-0.39, 0.29) is 6.03 Å². The van der Waals surface area contributed by atoms with Crippen molar-refractivity contribution in [2.24, 2.45) is 5.73 Å². The van der Waals surface area contributed by atoms with Crippen LogP contribution in [0.25, 0.3) is 0 Å². The van der Waals surface area contributed by atoms with Crippen LogP contribution in [-0.4, -0.2) is 18.5 Å². The zero-order valence-corrected chi connectivity index (χ0v) is 12.2. The van der Waals surface area contributed by atoms with Crippen LogP contribution in [-0.2, 0) is 13.0 Å². The number of carbonyl (C=O) groups excluding carboxylic acids is 2. The Morgan fingerprint density at radius 3 is 2.36 bits per heavy atom. The van der Waals surface area contributed by atoms with E-state index in [2.05, 4.69) is 10.6 Å². The first-order valence-electron chi connectivity index (χ1n) is 7.09. The fourth-order valence-electron chi connectivity index (χ4n) is 2.04. The lowest BCUT2D eigenvalue weighted by Gasteiger charge is -2.08. The van der Waals surface area contributed by atoms with Gasteiger partial charge in [-0.15, -0.1) is 0 Å². The summed E-state index contributed by atoms with van der Waals surface area (Å²) in [6, 6.07) is 16.6. The van der Waals surface area contributed by atoms with Gasteiger partial charge >= 0.3 is 6.03 Å². The maximum Gasteiger partial charge on any atom is 0.315 e. The fourth-order valence-corrected chi connectivity index (χ4v) is 2.04. The Labute approximate surface area is 129 Å². The SMILES string of the molecule is NC(=O)c1cccc(CNC(=O)NCCc2ccccc2)c1. The Kier molecular flexibility index (Phi) is 5.54. The number of hydrogen-bond donors (Lipinski definition) is 3. The van der Waals surface area contributed by atoms with Crippen molar-refractivity contribution in [3.8, 4) is 0 Å². The van der Waals surface area contributed by atoms with E-state index in [4.69, 9.17) is 5.73 Å². The van der Waals surface area contributed by atoms with Gasteiger partial charge in [-0.05, 0) is 29.7 Å². The van der Waals surface area contributed by atoms with Crippen LogP contribution >= 0.6 is 0 Å². The molecule has 4 N–H and O–H groups in total. The van der Waals surface area contributed by atoms with Crippen LogP contribution in [0.15, 0.2) is 54.6 Å². The number of benzene rings is 2. The van der Waals surface area contributed by atoms with Crippen LogP contribution in [0.4, 0.5) is 4.79 Å². The maximum absolute atomic E-state index is 11.7. The van der Waals surface area contributed by atoms with Crippen molar-refractivity contribution in [1.29, 1.82) is 0 Å². The average molecular weight is 297 g/mol. The van der Waals surface area contributed by atoms with E-state index >= 15 is 0 Å². The molecule has 114 valence electrons. The Bertz CT molecular complexity index is 641. The number of amides is 3. The summed E-state index contributed by atoms with van der Waals surface area (Å²) in [4.78, 5) is 22.8. The zero-order chi connectivity index (χ0) is 15.8. The molecule has 5 nitrogen and oxygen atoms in total. The molecule has 0 saturated carbocycles. The molecule has 2 aromatic rings. The standard InChI is InChI=1S/C17H19N3O2/c18-16(21)15-8-4-7-14(11-15)12-20-17(22)19-10-9-13-5-2-1-3-6-13/h1-8,11H,9-10,12H2,(H2,18,21)(H2,19,20,22). The molecule has 0 aromatic heterocycles. The normalized spacial score (nSPS) is 10.0. The summed E-state index contributed by atoms with van der Waals surface area (Å²) in [5.74, 6) is -0.478. The third kappa shape index (κ3) is 4.94. The number of carbonyl (C=O) groups is 2. The van der Waals surface area contributed by atoms with Gasteiger partial charge in [0, 0.05) is 18.7 Å². The molecule has 0 saturated heterocycles. The molecule has 0 unspecified atom stereocenters. The molecule has 2 aromatic carbocycles. The number of rotatable bonds is 6. The molecule has 0 heterocycles. The van der Waals surface area contributed by atoms with Gasteiger partial charge in [0.1, 0.15) is 0 Å².